The highest BCUT2D eigenvalue weighted by atomic mass is 16.6. The van der Waals surface area contributed by atoms with Crippen LogP contribution in [0.5, 0.6) is 5.75 Å². The fourth-order valence-electron chi connectivity index (χ4n) is 2.61. The first-order valence-corrected chi connectivity index (χ1v) is 9.05. The minimum Gasteiger partial charge on any atom is -0.459 e. The largest absolute Gasteiger partial charge is 0.459 e. The van der Waals surface area contributed by atoms with Crippen LogP contribution in [0.25, 0.3) is 0 Å². The number of hydrogen-bond acceptors (Lipinski definition) is 4. The average Bonchev–Trinajstić information content (AvgIpc) is 2.65. The van der Waals surface area contributed by atoms with E-state index in [4.69, 9.17) is 9.47 Å². The van der Waals surface area contributed by atoms with Crippen LogP contribution in [-0.2, 0) is 16.1 Å². The number of amides is 1. The number of rotatable bonds is 6. The number of benzene rings is 2. The molecule has 0 radical (unpaired) electrons. The van der Waals surface area contributed by atoms with Crippen LogP contribution in [0, 0.1) is 19.8 Å². The van der Waals surface area contributed by atoms with Crippen LogP contribution in [-0.4, -0.2) is 26.0 Å². The number of hydrogen-bond donors (Lipinski definition) is 1. The van der Waals surface area contributed by atoms with Gasteiger partial charge in [0.25, 0.3) is 0 Å². The predicted octanol–water partition coefficient (Wildman–Crippen LogP) is 2.42. The number of carbonyl (C=O) groups excluding carboxylic acids is 2. The predicted molar refractivity (Wildman–Crippen MR) is 108 cm³/mol. The van der Waals surface area contributed by atoms with E-state index in [9.17, 15) is 9.59 Å². The number of nitrogens with one attached hydrogen (secondary N) is 1. The molecule has 1 N–H and O–H groups in total. The molecule has 1 amide bonds. The van der Waals surface area contributed by atoms with Crippen molar-refractivity contribution in [3.63, 3.8) is 0 Å². The van der Waals surface area contributed by atoms with Crippen molar-refractivity contribution in [1.82, 2.24) is 5.32 Å². The van der Waals surface area contributed by atoms with Crippen LogP contribution in [0.4, 0.5) is 4.79 Å². The minimum atomic E-state index is -0.784. The van der Waals surface area contributed by atoms with Crippen molar-refractivity contribution in [3.05, 3.63) is 59.2 Å². The molecule has 142 valence electrons. The SMILES string of the molecule is Bc1c(C)ccc(OC(=O)N[C@@H](C(=O)OCc2ccccc2)C(C)C)c1C. The van der Waals surface area contributed by atoms with Crippen LogP contribution in [0.3, 0.4) is 0 Å². The first-order chi connectivity index (χ1) is 12.8. The van der Waals surface area contributed by atoms with Crippen molar-refractivity contribution in [2.24, 2.45) is 5.92 Å². The highest BCUT2D eigenvalue weighted by Crippen LogP contribution is 2.17. The van der Waals surface area contributed by atoms with Gasteiger partial charge in [0.15, 0.2) is 0 Å². The van der Waals surface area contributed by atoms with Gasteiger partial charge in [-0.1, -0.05) is 61.3 Å². The van der Waals surface area contributed by atoms with Crippen molar-refractivity contribution >= 4 is 25.4 Å². The Bertz CT molecular complexity index is 805. The second-order valence-corrected chi connectivity index (χ2v) is 6.98. The maximum absolute atomic E-state index is 12.4. The summed E-state index contributed by atoms with van der Waals surface area (Å²) in [7, 11) is 1.98. The summed E-state index contributed by atoms with van der Waals surface area (Å²) in [4.78, 5) is 24.7. The van der Waals surface area contributed by atoms with Gasteiger partial charge >= 0.3 is 12.1 Å². The van der Waals surface area contributed by atoms with Crippen LogP contribution >= 0.6 is 0 Å². The van der Waals surface area contributed by atoms with Crippen molar-refractivity contribution in [2.45, 2.75) is 40.3 Å². The minimum absolute atomic E-state index is 0.137. The molecular weight excluding hydrogens is 341 g/mol. The van der Waals surface area contributed by atoms with Gasteiger partial charge in [-0.25, -0.2) is 9.59 Å². The molecule has 0 aromatic heterocycles. The van der Waals surface area contributed by atoms with Crippen LogP contribution in [0.2, 0.25) is 0 Å². The van der Waals surface area contributed by atoms with E-state index < -0.39 is 18.1 Å². The third kappa shape index (κ3) is 5.61. The Hall–Kier alpha value is -2.76. The standard InChI is InChI=1S/C21H26BNO4/c1-13(2)19(20(24)26-12-16-8-6-5-7-9-16)23-21(25)27-17-11-10-14(3)18(22)15(17)4/h5-11,13,19H,12,22H2,1-4H3,(H,23,25)/t19-/m1/s1. The summed E-state index contributed by atoms with van der Waals surface area (Å²) in [6, 6.07) is 12.3. The number of ether oxygens (including phenoxy) is 2. The molecule has 5 nitrogen and oxygen atoms in total. The van der Waals surface area contributed by atoms with Crippen LogP contribution in [0.15, 0.2) is 42.5 Å². The molecule has 0 heterocycles. The van der Waals surface area contributed by atoms with Crippen molar-refractivity contribution in [3.8, 4) is 5.75 Å². The van der Waals surface area contributed by atoms with Gasteiger partial charge in [0.2, 0.25) is 0 Å². The van der Waals surface area contributed by atoms with Crippen molar-refractivity contribution in [2.75, 3.05) is 0 Å². The summed E-state index contributed by atoms with van der Waals surface area (Å²) in [5.74, 6) is -0.139. The molecular formula is C21H26BNO4. The molecule has 0 aliphatic carbocycles. The van der Waals surface area contributed by atoms with Gasteiger partial charge in [-0.3, -0.25) is 0 Å². The first-order valence-electron chi connectivity index (χ1n) is 9.05. The fraction of sp³-hybridized carbons (Fsp3) is 0.333. The van der Waals surface area contributed by atoms with Crippen LogP contribution < -0.4 is 15.5 Å². The van der Waals surface area contributed by atoms with E-state index in [0.717, 1.165) is 22.2 Å². The summed E-state index contributed by atoms with van der Waals surface area (Å²) >= 11 is 0. The summed E-state index contributed by atoms with van der Waals surface area (Å²) < 4.78 is 10.8. The van der Waals surface area contributed by atoms with E-state index in [1.165, 1.54) is 0 Å². The number of aryl methyl sites for hydroxylation is 1. The monoisotopic (exact) mass is 367 g/mol. The lowest BCUT2D eigenvalue weighted by molar-refractivity contribution is -0.148. The molecule has 0 aliphatic heterocycles. The normalized spacial score (nSPS) is 11.7. The average molecular weight is 367 g/mol. The van der Waals surface area contributed by atoms with E-state index in [2.05, 4.69) is 5.32 Å². The second kappa shape index (κ2) is 9.26. The summed E-state index contributed by atoms with van der Waals surface area (Å²) in [5.41, 5.74) is 3.99. The van der Waals surface area contributed by atoms with Gasteiger partial charge in [-0.15, -0.1) is 0 Å². The lowest BCUT2D eigenvalue weighted by Crippen LogP contribution is -2.46. The zero-order valence-electron chi connectivity index (χ0n) is 16.5. The van der Waals surface area contributed by atoms with Crippen molar-refractivity contribution < 1.29 is 19.1 Å². The maximum Gasteiger partial charge on any atom is 0.413 e. The van der Waals surface area contributed by atoms with E-state index in [-0.39, 0.29) is 12.5 Å². The number of esters is 1. The topological polar surface area (TPSA) is 64.6 Å². The molecule has 2 rings (SSSR count). The zero-order valence-corrected chi connectivity index (χ0v) is 16.5. The van der Waals surface area contributed by atoms with E-state index in [0.29, 0.717) is 5.75 Å². The quantitative estimate of drug-likeness (QED) is 0.629. The molecule has 1 atom stereocenters. The van der Waals surface area contributed by atoms with Gasteiger partial charge in [0.1, 0.15) is 26.2 Å². The van der Waals surface area contributed by atoms with Crippen molar-refractivity contribution in [1.29, 1.82) is 0 Å². The van der Waals surface area contributed by atoms with Gasteiger partial charge in [0, 0.05) is 0 Å². The lowest BCUT2D eigenvalue weighted by Gasteiger charge is -2.21. The van der Waals surface area contributed by atoms with Gasteiger partial charge < -0.3 is 14.8 Å². The van der Waals surface area contributed by atoms with Gasteiger partial charge in [-0.05, 0) is 37.0 Å². The van der Waals surface area contributed by atoms with E-state index >= 15 is 0 Å². The van der Waals surface area contributed by atoms with Gasteiger partial charge in [0.05, 0.1) is 0 Å². The fourth-order valence-corrected chi connectivity index (χ4v) is 2.61. The number of carbonyl (C=O) groups is 2. The molecule has 0 saturated carbocycles. The third-order valence-corrected chi connectivity index (χ3v) is 4.63. The molecule has 6 heteroatoms. The Morgan fingerprint density at radius 3 is 2.37 bits per heavy atom. The molecule has 0 spiro atoms. The Morgan fingerprint density at radius 1 is 1.07 bits per heavy atom. The van der Waals surface area contributed by atoms with E-state index in [1.807, 2.05) is 71.9 Å². The molecule has 0 fully saturated rings. The zero-order chi connectivity index (χ0) is 20.0. The Morgan fingerprint density at radius 2 is 1.74 bits per heavy atom. The molecule has 0 saturated heterocycles. The maximum atomic E-state index is 12.4. The highest BCUT2D eigenvalue weighted by molar-refractivity contribution is 6.34. The Balaban J connectivity index is 1.99. The molecule has 2 aromatic carbocycles. The third-order valence-electron chi connectivity index (χ3n) is 4.63. The smallest absolute Gasteiger partial charge is 0.413 e. The summed E-state index contributed by atoms with van der Waals surface area (Å²) in [6.45, 7) is 7.75. The molecule has 0 bridgehead atoms. The van der Waals surface area contributed by atoms with Gasteiger partial charge in [-0.2, -0.15) is 0 Å². The summed E-state index contributed by atoms with van der Waals surface area (Å²) in [5, 5.41) is 2.63. The Labute approximate surface area is 161 Å². The van der Waals surface area contributed by atoms with Crippen LogP contribution in [0.1, 0.15) is 30.5 Å². The highest BCUT2D eigenvalue weighted by Gasteiger charge is 2.27. The van der Waals surface area contributed by atoms with E-state index in [1.54, 1.807) is 6.07 Å². The molecule has 0 aliphatic rings. The molecule has 0 unspecified atom stereocenters. The molecule has 2 aromatic rings. The second-order valence-electron chi connectivity index (χ2n) is 6.98. The summed E-state index contributed by atoms with van der Waals surface area (Å²) in [6.07, 6.45) is -0.670. The lowest BCUT2D eigenvalue weighted by atomic mass is 9.86. The Kier molecular flexibility index (Phi) is 7.05. The molecule has 27 heavy (non-hydrogen) atoms. The first kappa shape index (κ1) is 20.6.